The Labute approximate surface area is 110 Å². The topological polar surface area (TPSA) is 75.8 Å². The maximum Gasteiger partial charge on any atom is 0.260 e. The first kappa shape index (κ1) is 12.5. The van der Waals surface area contributed by atoms with Crippen molar-refractivity contribution in [2.75, 3.05) is 5.73 Å². The molecule has 0 aliphatic rings. The molecule has 0 unspecified atom stereocenters. The van der Waals surface area contributed by atoms with Gasteiger partial charge in [-0.25, -0.2) is 4.98 Å². The van der Waals surface area contributed by atoms with Crippen LogP contribution in [0.3, 0.4) is 0 Å². The Kier molecular flexibility index (Phi) is 3.58. The molecule has 0 amide bonds. The van der Waals surface area contributed by atoms with Gasteiger partial charge in [0.15, 0.2) is 0 Å². The third-order valence-corrected chi connectivity index (χ3v) is 3.44. The fourth-order valence-corrected chi connectivity index (χ4v) is 2.36. The van der Waals surface area contributed by atoms with Gasteiger partial charge in [0, 0.05) is 10.6 Å². The Morgan fingerprint density at radius 1 is 1.44 bits per heavy atom. The van der Waals surface area contributed by atoms with E-state index in [9.17, 15) is 0 Å². The minimum atomic E-state index is 0.309. The van der Waals surface area contributed by atoms with Gasteiger partial charge in [0.1, 0.15) is 5.76 Å². The van der Waals surface area contributed by atoms with Crippen LogP contribution in [-0.2, 0) is 6.42 Å². The normalized spacial score (nSPS) is 10.3. The molecule has 18 heavy (non-hydrogen) atoms. The molecule has 0 aliphatic carbocycles. The lowest BCUT2D eigenvalue weighted by Crippen LogP contribution is -1.93. The number of nitrogens with zero attached hydrogens (tertiary/aromatic N) is 2. The van der Waals surface area contributed by atoms with Gasteiger partial charge in [0.05, 0.1) is 18.2 Å². The highest BCUT2D eigenvalue weighted by molar-refractivity contribution is 7.99. The number of nitriles is 1. The van der Waals surface area contributed by atoms with E-state index in [2.05, 4.69) is 11.1 Å². The molecule has 0 fully saturated rings. The van der Waals surface area contributed by atoms with Crippen molar-refractivity contribution >= 4 is 17.4 Å². The average Bonchev–Trinajstić information content (AvgIpc) is 2.63. The van der Waals surface area contributed by atoms with Crippen molar-refractivity contribution in [3.8, 4) is 6.07 Å². The van der Waals surface area contributed by atoms with Gasteiger partial charge in [-0.05, 0) is 49.4 Å². The molecule has 1 aromatic carbocycles. The summed E-state index contributed by atoms with van der Waals surface area (Å²) >= 11 is 1.43. The molecular weight excluding hydrogens is 246 g/mol. The molecule has 2 aromatic rings. The molecule has 92 valence electrons. The largest absolute Gasteiger partial charge is 0.436 e. The zero-order valence-electron chi connectivity index (χ0n) is 10.2. The van der Waals surface area contributed by atoms with Gasteiger partial charge >= 0.3 is 0 Å². The van der Waals surface area contributed by atoms with Crippen LogP contribution in [0.15, 0.2) is 32.7 Å². The Bertz CT molecular complexity index is 594. The zero-order valence-corrected chi connectivity index (χ0v) is 11.0. The molecule has 0 bridgehead atoms. The van der Waals surface area contributed by atoms with Crippen LogP contribution in [-0.4, -0.2) is 4.98 Å². The molecular formula is C13H13N3OS. The van der Waals surface area contributed by atoms with Gasteiger partial charge < -0.3 is 10.2 Å². The predicted octanol–water partition coefficient (Wildman–Crippen LogP) is 3.09. The molecule has 0 radical (unpaired) electrons. The summed E-state index contributed by atoms with van der Waals surface area (Å²) in [4.78, 5) is 5.27. The number of oxazole rings is 1. The fraction of sp³-hybridized carbons (Fsp3) is 0.231. The third-order valence-electron chi connectivity index (χ3n) is 2.60. The first-order valence-corrected chi connectivity index (χ1v) is 6.29. The number of aryl methyl sites for hydroxylation is 2. The van der Waals surface area contributed by atoms with Gasteiger partial charge in [-0.1, -0.05) is 0 Å². The lowest BCUT2D eigenvalue weighted by atomic mass is 10.1. The summed E-state index contributed by atoms with van der Waals surface area (Å²) in [5, 5.41) is 9.33. The van der Waals surface area contributed by atoms with Crippen molar-refractivity contribution in [2.24, 2.45) is 0 Å². The Morgan fingerprint density at radius 3 is 2.83 bits per heavy atom. The Hall–Kier alpha value is -1.93. The van der Waals surface area contributed by atoms with Crippen LogP contribution in [0.25, 0.3) is 0 Å². The zero-order chi connectivity index (χ0) is 13.1. The average molecular weight is 259 g/mol. The number of rotatable bonds is 3. The van der Waals surface area contributed by atoms with E-state index in [1.807, 2.05) is 26.0 Å². The molecule has 5 heteroatoms. The monoisotopic (exact) mass is 259 g/mol. The molecule has 1 aromatic heterocycles. The third kappa shape index (κ3) is 2.66. The van der Waals surface area contributed by atoms with Crippen LogP contribution in [0.4, 0.5) is 5.69 Å². The smallest absolute Gasteiger partial charge is 0.260 e. The first-order valence-electron chi connectivity index (χ1n) is 5.47. The molecule has 0 aliphatic heterocycles. The molecule has 0 saturated heterocycles. The van der Waals surface area contributed by atoms with Crippen molar-refractivity contribution in [3.63, 3.8) is 0 Å². The lowest BCUT2D eigenvalue weighted by Gasteiger charge is -2.03. The first-order chi connectivity index (χ1) is 8.60. The minimum Gasteiger partial charge on any atom is -0.436 e. The Morgan fingerprint density at radius 2 is 2.22 bits per heavy atom. The highest BCUT2D eigenvalue weighted by Gasteiger charge is 2.08. The summed E-state index contributed by atoms with van der Waals surface area (Å²) in [5.74, 6) is 0.824. The van der Waals surface area contributed by atoms with E-state index in [-0.39, 0.29) is 0 Å². The van der Waals surface area contributed by atoms with Crippen molar-refractivity contribution in [2.45, 2.75) is 30.4 Å². The summed E-state index contributed by atoms with van der Waals surface area (Å²) in [6.07, 6.45) is 0.309. The predicted molar refractivity (Wildman–Crippen MR) is 70.3 cm³/mol. The van der Waals surface area contributed by atoms with Crippen molar-refractivity contribution in [1.82, 2.24) is 4.98 Å². The van der Waals surface area contributed by atoms with Crippen LogP contribution < -0.4 is 5.73 Å². The van der Waals surface area contributed by atoms with Crippen molar-refractivity contribution in [3.05, 3.63) is 35.2 Å². The van der Waals surface area contributed by atoms with E-state index in [0.29, 0.717) is 17.3 Å². The van der Waals surface area contributed by atoms with Gasteiger partial charge in [-0.3, -0.25) is 0 Å². The highest BCUT2D eigenvalue weighted by Crippen LogP contribution is 2.30. The van der Waals surface area contributed by atoms with E-state index in [1.165, 1.54) is 11.8 Å². The summed E-state index contributed by atoms with van der Waals surface area (Å²) < 4.78 is 5.50. The van der Waals surface area contributed by atoms with E-state index in [4.69, 9.17) is 15.4 Å². The summed E-state index contributed by atoms with van der Waals surface area (Å²) in [7, 11) is 0. The number of hydrogen-bond acceptors (Lipinski definition) is 5. The van der Waals surface area contributed by atoms with Gasteiger partial charge in [-0.15, -0.1) is 0 Å². The summed E-state index contributed by atoms with van der Waals surface area (Å²) in [6, 6.07) is 7.70. The molecule has 0 spiro atoms. The van der Waals surface area contributed by atoms with E-state index < -0.39 is 0 Å². The highest BCUT2D eigenvalue weighted by atomic mass is 32.2. The molecule has 1 heterocycles. The van der Waals surface area contributed by atoms with Gasteiger partial charge in [0.25, 0.3) is 5.22 Å². The number of benzene rings is 1. The van der Waals surface area contributed by atoms with Crippen LogP contribution in [0, 0.1) is 25.2 Å². The number of nitrogen functional groups attached to an aromatic ring is 1. The fourth-order valence-electron chi connectivity index (χ4n) is 1.47. The number of hydrogen-bond donors (Lipinski definition) is 1. The van der Waals surface area contributed by atoms with Crippen LogP contribution >= 0.6 is 11.8 Å². The van der Waals surface area contributed by atoms with Crippen LogP contribution in [0.5, 0.6) is 0 Å². The molecule has 2 rings (SSSR count). The number of nitrogens with two attached hydrogens (primary N) is 1. The van der Waals surface area contributed by atoms with E-state index in [0.717, 1.165) is 21.9 Å². The second-order valence-corrected chi connectivity index (χ2v) is 4.94. The SMILES string of the molecule is Cc1nc(Sc2ccc(N)c(CC#N)c2)oc1C. The molecule has 4 nitrogen and oxygen atoms in total. The number of aromatic nitrogens is 1. The van der Waals surface area contributed by atoms with E-state index in [1.54, 1.807) is 6.07 Å². The molecule has 2 N–H and O–H groups in total. The van der Waals surface area contributed by atoms with E-state index >= 15 is 0 Å². The molecule has 0 atom stereocenters. The van der Waals surface area contributed by atoms with Gasteiger partial charge in [-0.2, -0.15) is 5.26 Å². The molecule has 0 saturated carbocycles. The maximum atomic E-state index is 8.72. The number of anilines is 1. The quantitative estimate of drug-likeness (QED) is 0.857. The minimum absolute atomic E-state index is 0.309. The second kappa shape index (κ2) is 5.15. The van der Waals surface area contributed by atoms with Gasteiger partial charge in [0.2, 0.25) is 0 Å². The lowest BCUT2D eigenvalue weighted by molar-refractivity contribution is 0.431. The summed E-state index contributed by atoms with van der Waals surface area (Å²) in [5.41, 5.74) is 8.17. The van der Waals surface area contributed by atoms with Crippen molar-refractivity contribution in [1.29, 1.82) is 5.26 Å². The summed E-state index contributed by atoms with van der Waals surface area (Å²) in [6.45, 7) is 3.80. The van der Waals surface area contributed by atoms with Crippen LogP contribution in [0.1, 0.15) is 17.0 Å². The maximum absolute atomic E-state index is 8.72. The van der Waals surface area contributed by atoms with Crippen LogP contribution in [0.2, 0.25) is 0 Å². The Balaban J connectivity index is 2.24. The second-order valence-electron chi connectivity index (χ2n) is 3.92. The standard InChI is InChI=1S/C13H13N3OS/c1-8-9(2)17-13(16-8)18-11-3-4-12(15)10(7-11)5-6-14/h3-4,7H,5,15H2,1-2H3. The van der Waals surface area contributed by atoms with Crippen molar-refractivity contribution < 1.29 is 4.42 Å².